The Hall–Kier alpha value is -1.37. The van der Waals surface area contributed by atoms with Gasteiger partial charge in [-0.1, -0.05) is 24.3 Å². The third-order valence-electron chi connectivity index (χ3n) is 3.84. The molecule has 0 spiro atoms. The molecule has 1 saturated heterocycles. The predicted molar refractivity (Wildman–Crippen MR) is 64.2 cm³/mol. The maximum Gasteiger partial charge on any atom is 0.115 e. The summed E-state index contributed by atoms with van der Waals surface area (Å²) in [6, 6.07) is 9.92. The molecule has 0 amide bonds. The van der Waals surface area contributed by atoms with E-state index in [1.54, 1.807) is 6.92 Å². The normalized spacial score (nSPS) is 27.4. The van der Waals surface area contributed by atoms with Crippen LogP contribution in [0.25, 0.3) is 0 Å². The van der Waals surface area contributed by atoms with Crippen molar-refractivity contribution in [3.8, 4) is 6.07 Å². The summed E-state index contributed by atoms with van der Waals surface area (Å²) in [6.45, 7) is 4.50. The summed E-state index contributed by atoms with van der Waals surface area (Å²) < 4.78 is 5.32. The number of ether oxygens (including phenoxy) is 1. The lowest BCUT2D eigenvalue weighted by molar-refractivity contribution is -0.0486. The molecule has 0 aromatic heterocycles. The zero-order chi connectivity index (χ0) is 12.5. The van der Waals surface area contributed by atoms with Crippen molar-refractivity contribution < 1.29 is 9.84 Å². The molecule has 1 aromatic rings. The van der Waals surface area contributed by atoms with Crippen LogP contribution >= 0.6 is 0 Å². The summed E-state index contributed by atoms with van der Waals surface area (Å²) >= 11 is 0. The van der Waals surface area contributed by atoms with Gasteiger partial charge in [0.1, 0.15) is 11.0 Å². The van der Waals surface area contributed by atoms with Gasteiger partial charge in [0, 0.05) is 6.61 Å². The van der Waals surface area contributed by atoms with Crippen molar-refractivity contribution in [2.24, 2.45) is 5.41 Å². The van der Waals surface area contributed by atoms with Crippen LogP contribution in [0.3, 0.4) is 0 Å². The number of benzene rings is 1. The van der Waals surface area contributed by atoms with Crippen molar-refractivity contribution in [3.05, 3.63) is 35.4 Å². The summed E-state index contributed by atoms with van der Waals surface area (Å²) in [4.78, 5) is 0. The summed E-state index contributed by atoms with van der Waals surface area (Å²) in [5, 5.41) is 20.2. The number of aliphatic hydroxyl groups is 1. The lowest BCUT2D eigenvalue weighted by atomic mass is 9.69. The average molecular weight is 231 g/mol. The molecule has 1 N–H and O–H groups in total. The zero-order valence-corrected chi connectivity index (χ0v) is 10.2. The van der Waals surface area contributed by atoms with Crippen LogP contribution in [0.5, 0.6) is 0 Å². The maximum absolute atomic E-state index is 10.8. The Balaban J connectivity index is 2.49. The van der Waals surface area contributed by atoms with Gasteiger partial charge in [0.25, 0.3) is 0 Å². The summed E-state index contributed by atoms with van der Waals surface area (Å²) in [5.41, 5.74) is -0.200. The van der Waals surface area contributed by atoms with Crippen LogP contribution in [0.4, 0.5) is 0 Å². The van der Waals surface area contributed by atoms with Gasteiger partial charge < -0.3 is 9.84 Å². The molecule has 0 aliphatic carbocycles. The first-order chi connectivity index (χ1) is 8.03. The van der Waals surface area contributed by atoms with Gasteiger partial charge in [-0.25, -0.2) is 0 Å². The van der Waals surface area contributed by atoms with Crippen LogP contribution in [-0.4, -0.2) is 18.3 Å². The van der Waals surface area contributed by atoms with Crippen LogP contribution < -0.4 is 0 Å². The van der Waals surface area contributed by atoms with Gasteiger partial charge in [0.2, 0.25) is 0 Å². The first-order valence-electron chi connectivity index (χ1n) is 5.81. The quantitative estimate of drug-likeness (QED) is 0.848. The van der Waals surface area contributed by atoms with Gasteiger partial charge in [-0.15, -0.1) is 0 Å². The molecule has 1 aliphatic rings. The smallest absolute Gasteiger partial charge is 0.115 e. The SMILES string of the molecule is Cc1ccccc1C(C)(O)C1(C#N)CCOC1. The van der Waals surface area contributed by atoms with E-state index >= 15 is 0 Å². The van der Waals surface area contributed by atoms with Crippen LogP contribution in [0.15, 0.2) is 24.3 Å². The Labute approximate surface area is 102 Å². The van der Waals surface area contributed by atoms with Crippen LogP contribution in [0, 0.1) is 23.7 Å². The van der Waals surface area contributed by atoms with E-state index in [0.717, 1.165) is 11.1 Å². The number of hydrogen-bond donors (Lipinski definition) is 1. The third-order valence-corrected chi connectivity index (χ3v) is 3.84. The van der Waals surface area contributed by atoms with Gasteiger partial charge in [-0.05, 0) is 31.4 Å². The van der Waals surface area contributed by atoms with E-state index in [9.17, 15) is 10.4 Å². The van der Waals surface area contributed by atoms with E-state index < -0.39 is 11.0 Å². The highest BCUT2D eigenvalue weighted by molar-refractivity contribution is 5.35. The maximum atomic E-state index is 10.8. The molecule has 1 aromatic carbocycles. The summed E-state index contributed by atoms with van der Waals surface area (Å²) in [7, 11) is 0. The summed E-state index contributed by atoms with van der Waals surface area (Å²) in [5.74, 6) is 0. The molecule has 17 heavy (non-hydrogen) atoms. The van der Waals surface area contributed by atoms with Crippen molar-refractivity contribution >= 4 is 0 Å². The summed E-state index contributed by atoms with van der Waals surface area (Å²) in [6.07, 6.45) is 0.574. The van der Waals surface area contributed by atoms with Crippen molar-refractivity contribution in [2.75, 3.05) is 13.2 Å². The van der Waals surface area contributed by atoms with Crippen molar-refractivity contribution in [1.29, 1.82) is 5.26 Å². The highest BCUT2D eigenvalue weighted by Gasteiger charge is 2.51. The van der Waals surface area contributed by atoms with E-state index in [1.807, 2.05) is 31.2 Å². The second-order valence-corrected chi connectivity index (χ2v) is 4.88. The van der Waals surface area contributed by atoms with E-state index in [1.165, 1.54) is 0 Å². The number of nitrogens with zero attached hydrogens (tertiary/aromatic N) is 1. The van der Waals surface area contributed by atoms with Crippen molar-refractivity contribution in [2.45, 2.75) is 25.9 Å². The van der Waals surface area contributed by atoms with Crippen molar-refractivity contribution in [3.63, 3.8) is 0 Å². The minimum absolute atomic E-state index is 0.296. The predicted octanol–water partition coefficient (Wildman–Crippen LogP) is 2.13. The van der Waals surface area contributed by atoms with Crippen LogP contribution in [0.1, 0.15) is 24.5 Å². The highest BCUT2D eigenvalue weighted by Crippen LogP contribution is 2.46. The molecule has 2 rings (SSSR count). The van der Waals surface area contributed by atoms with E-state index in [4.69, 9.17) is 4.74 Å². The third kappa shape index (κ3) is 1.74. The average Bonchev–Trinajstić information content (AvgIpc) is 2.79. The molecule has 1 aliphatic heterocycles. The standard InChI is InChI=1S/C14H17NO2/c1-11-5-3-4-6-12(11)13(2,16)14(9-15)7-8-17-10-14/h3-6,16H,7-8,10H2,1-2H3. The molecule has 2 atom stereocenters. The number of rotatable bonds is 2. The molecule has 90 valence electrons. The minimum atomic E-state index is -1.18. The first kappa shape index (κ1) is 12.1. The molecule has 0 saturated carbocycles. The monoisotopic (exact) mass is 231 g/mol. The molecule has 2 unspecified atom stereocenters. The second-order valence-electron chi connectivity index (χ2n) is 4.88. The van der Waals surface area contributed by atoms with E-state index in [-0.39, 0.29) is 0 Å². The Morgan fingerprint density at radius 2 is 2.18 bits per heavy atom. The molecule has 1 fully saturated rings. The Bertz CT molecular complexity index is 454. The van der Waals surface area contributed by atoms with Gasteiger partial charge in [0.05, 0.1) is 12.7 Å². The lowest BCUT2D eigenvalue weighted by Crippen LogP contribution is -2.43. The molecule has 1 heterocycles. The molecule has 0 bridgehead atoms. The van der Waals surface area contributed by atoms with Gasteiger partial charge in [-0.3, -0.25) is 0 Å². The minimum Gasteiger partial charge on any atom is -0.384 e. The molecular formula is C14H17NO2. The van der Waals surface area contributed by atoms with E-state index in [2.05, 4.69) is 6.07 Å². The fourth-order valence-corrected chi connectivity index (χ4v) is 2.52. The lowest BCUT2D eigenvalue weighted by Gasteiger charge is -2.37. The van der Waals surface area contributed by atoms with Crippen molar-refractivity contribution in [1.82, 2.24) is 0 Å². The molecular weight excluding hydrogens is 214 g/mol. The Morgan fingerprint density at radius 3 is 2.71 bits per heavy atom. The van der Waals surface area contributed by atoms with Crippen LogP contribution in [0.2, 0.25) is 0 Å². The fourth-order valence-electron chi connectivity index (χ4n) is 2.52. The van der Waals surface area contributed by atoms with Gasteiger partial charge in [0.15, 0.2) is 0 Å². The van der Waals surface area contributed by atoms with Gasteiger partial charge >= 0.3 is 0 Å². The fraction of sp³-hybridized carbons (Fsp3) is 0.500. The Kier molecular flexibility index (Phi) is 2.94. The number of nitriles is 1. The molecule has 0 radical (unpaired) electrons. The number of aryl methyl sites for hydroxylation is 1. The van der Waals surface area contributed by atoms with Gasteiger partial charge in [-0.2, -0.15) is 5.26 Å². The van der Waals surface area contributed by atoms with Crippen LogP contribution in [-0.2, 0) is 10.3 Å². The largest absolute Gasteiger partial charge is 0.384 e. The molecule has 3 heteroatoms. The van der Waals surface area contributed by atoms with E-state index in [0.29, 0.717) is 19.6 Å². The Morgan fingerprint density at radius 1 is 1.47 bits per heavy atom. The zero-order valence-electron chi connectivity index (χ0n) is 10.2. The topological polar surface area (TPSA) is 53.2 Å². The number of hydrogen-bond acceptors (Lipinski definition) is 3. The first-order valence-corrected chi connectivity index (χ1v) is 5.81. The second kappa shape index (κ2) is 4.14. The highest BCUT2D eigenvalue weighted by atomic mass is 16.5. The molecule has 3 nitrogen and oxygen atoms in total.